The van der Waals surface area contributed by atoms with Gasteiger partial charge in [-0.25, -0.2) is 4.98 Å². The Labute approximate surface area is 103 Å². The standard InChI is InChI=1S/C12H14BrN3/c1-9-15-12(6-14)8-16(9)7-10-2-4-11(13)5-3-10/h2-5,8H,6-7,14H2,1H3. The van der Waals surface area contributed by atoms with Crippen molar-refractivity contribution in [2.45, 2.75) is 20.0 Å². The molecule has 0 aliphatic heterocycles. The Kier molecular flexibility index (Phi) is 3.41. The summed E-state index contributed by atoms with van der Waals surface area (Å²) in [6.07, 6.45) is 2.01. The number of aryl methyl sites for hydroxylation is 1. The Morgan fingerprint density at radius 3 is 2.56 bits per heavy atom. The summed E-state index contributed by atoms with van der Waals surface area (Å²) in [6, 6.07) is 8.30. The third-order valence-corrected chi connectivity index (χ3v) is 3.03. The van der Waals surface area contributed by atoms with Gasteiger partial charge in [-0.2, -0.15) is 0 Å². The van der Waals surface area contributed by atoms with Gasteiger partial charge in [0.1, 0.15) is 5.82 Å². The van der Waals surface area contributed by atoms with Crippen LogP contribution < -0.4 is 5.73 Å². The van der Waals surface area contributed by atoms with Crippen LogP contribution in [0.4, 0.5) is 0 Å². The fourth-order valence-corrected chi connectivity index (χ4v) is 1.88. The number of nitrogens with two attached hydrogens (primary N) is 1. The normalized spacial score (nSPS) is 10.7. The van der Waals surface area contributed by atoms with Crippen molar-refractivity contribution in [2.75, 3.05) is 0 Å². The SMILES string of the molecule is Cc1nc(CN)cn1Cc1ccc(Br)cc1. The van der Waals surface area contributed by atoms with Gasteiger partial charge in [0.25, 0.3) is 0 Å². The molecule has 0 radical (unpaired) electrons. The summed E-state index contributed by atoms with van der Waals surface area (Å²) in [7, 11) is 0. The van der Waals surface area contributed by atoms with Crippen molar-refractivity contribution in [2.24, 2.45) is 5.73 Å². The zero-order chi connectivity index (χ0) is 11.5. The van der Waals surface area contributed by atoms with Gasteiger partial charge in [-0.3, -0.25) is 0 Å². The molecule has 4 heteroatoms. The molecule has 1 heterocycles. The molecule has 2 N–H and O–H groups in total. The molecule has 0 saturated carbocycles. The number of rotatable bonds is 3. The second-order valence-electron chi connectivity index (χ2n) is 3.74. The van der Waals surface area contributed by atoms with Crippen LogP contribution in [0.25, 0.3) is 0 Å². The first-order valence-corrected chi connectivity index (χ1v) is 5.95. The molecule has 1 aromatic carbocycles. The lowest BCUT2D eigenvalue weighted by atomic mass is 10.2. The van der Waals surface area contributed by atoms with Gasteiger partial charge >= 0.3 is 0 Å². The Hall–Kier alpha value is -1.13. The van der Waals surface area contributed by atoms with Gasteiger partial charge in [0.2, 0.25) is 0 Å². The van der Waals surface area contributed by atoms with Crippen LogP contribution in [0.2, 0.25) is 0 Å². The van der Waals surface area contributed by atoms with E-state index < -0.39 is 0 Å². The summed E-state index contributed by atoms with van der Waals surface area (Å²) >= 11 is 3.42. The Bertz CT molecular complexity index is 474. The van der Waals surface area contributed by atoms with Gasteiger partial charge in [-0.05, 0) is 24.6 Å². The quantitative estimate of drug-likeness (QED) is 0.938. The molecular formula is C12H14BrN3. The minimum Gasteiger partial charge on any atom is -0.330 e. The molecule has 0 bridgehead atoms. The van der Waals surface area contributed by atoms with E-state index in [1.807, 2.05) is 25.3 Å². The van der Waals surface area contributed by atoms with E-state index in [2.05, 4.69) is 37.6 Å². The highest BCUT2D eigenvalue weighted by Crippen LogP contribution is 2.12. The number of hydrogen-bond donors (Lipinski definition) is 1. The van der Waals surface area contributed by atoms with E-state index in [0.717, 1.165) is 22.5 Å². The lowest BCUT2D eigenvalue weighted by Crippen LogP contribution is -2.00. The fourth-order valence-electron chi connectivity index (χ4n) is 1.62. The van der Waals surface area contributed by atoms with E-state index in [-0.39, 0.29) is 0 Å². The molecule has 2 rings (SSSR count). The summed E-state index contributed by atoms with van der Waals surface area (Å²) in [5.74, 6) is 1.00. The minimum atomic E-state index is 0.494. The van der Waals surface area contributed by atoms with Crippen LogP contribution in [-0.4, -0.2) is 9.55 Å². The maximum Gasteiger partial charge on any atom is 0.106 e. The van der Waals surface area contributed by atoms with Gasteiger partial charge < -0.3 is 10.3 Å². The van der Waals surface area contributed by atoms with E-state index in [9.17, 15) is 0 Å². The summed E-state index contributed by atoms with van der Waals surface area (Å²) in [5.41, 5.74) is 7.76. The van der Waals surface area contributed by atoms with Crippen LogP contribution in [0.15, 0.2) is 34.9 Å². The first kappa shape index (κ1) is 11.4. The molecule has 16 heavy (non-hydrogen) atoms. The van der Waals surface area contributed by atoms with Crippen LogP contribution in [0.5, 0.6) is 0 Å². The van der Waals surface area contributed by atoms with Crippen LogP contribution in [0.1, 0.15) is 17.1 Å². The topological polar surface area (TPSA) is 43.8 Å². The largest absolute Gasteiger partial charge is 0.330 e. The van der Waals surface area contributed by atoms with Crippen LogP contribution in [-0.2, 0) is 13.1 Å². The van der Waals surface area contributed by atoms with Gasteiger partial charge in [0, 0.05) is 23.8 Å². The number of halogens is 1. The van der Waals surface area contributed by atoms with Crippen molar-refractivity contribution >= 4 is 15.9 Å². The highest BCUT2D eigenvalue weighted by molar-refractivity contribution is 9.10. The Morgan fingerprint density at radius 1 is 1.31 bits per heavy atom. The smallest absolute Gasteiger partial charge is 0.106 e. The van der Waals surface area contributed by atoms with Crippen molar-refractivity contribution in [1.82, 2.24) is 9.55 Å². The first-order chi connectivity index (χ1) is 7.69. The van der Waals surface area contributed by atoms with E-state index in [1.54, 1.807) is 0 Å². The maximum absolute atomic E-state index is 5.56. The molecule has 0 unspecified atom stereocenters. The molecule has 0 saturated heterocycles. The molecule has 0 fully saturated rings. The molecule has 0 amide bonds. The number of hydrogen-bond acceptors (Lipinski definition) is 2. The second kappa shape index (κ2) is 4.80. The molecule has 0 aliphatic carbocycles. The van der Waals surface area contributed by atoms with E-state index in [1.165, 1.54) is 5.56 Å². The number of nitrogens with zero attached hydrogens (tertiary/aromatic N) is 2. The zero-order valence-corrected chi connectivity index (χ0v) is 10.7. The van der Waals surface area contributed by atoms with Gasteiger partial charge in [0.15, 0.2) is 0 Å². The maximum atomic E-state index is 5.56. The van der Waals surface area contributed by atoms with Crippen LogP contribution in [0, 0.1) is 6.92 Å². The average Bonchev–Trinajstić information content (AvgIpc) is 2.63. The molecule has 0 atom stereocenters. The summed E-state index contributed by atoms with van der Waals surface area (Å²) < 4.78 is 3.21. The third kappa shape index (κ3) is 2.51. The third-order valence-electron chi connectivity index (χ3n) is 2.50. The highest BCUT2D eigenvalue weighted by atomic mass is 79.9. The molecule has 0 spiro atoms. The van der Waals surface area contributed by atoms with E-state index in [0.29, 0.717) is 6.54 Å². The van der Waals surface area contributed by atoms with Crippen LogP contribution in [0.3, 0.4) is 0 Å². The van der Waals surface area contributed by atoms with Gasteiger partial charge in [-0.15, -0.1) is 0 Å². The molecular weight excluding hydrogens is 266 g/mol. The number of benzene rings is 1. The molecule has 84 valence electrons. The monoisotopic (exact) mass is 279 g/mol. The first-order valence-electron chi connectivity index (χ1n) is 5.16. The lowest BCUT2D eigenvalue weighted by Gasteiger charge is -2.04. The molecule has 0 aliphatic rings. The summed E-state index contributed by atoms with van der Waals surface area (Å²) in [6.45, 7) is 3.33. The lowest BCUT2D eigenvalue weighted by molar-refractivity contribution is 0.761. The van der Waals surface area contributed by atoms with Crippen molar-refractivity contribution in [3.63, 3.8) is 0 Å². The van der Waals surface area contributed by atoms with Gasteiger partial charge in [-0.1, -0.05) is 28.1 Å². The minimum absolute atomic E-state index is 0.494. The van der Waals surface area contributed by atoms with Crippen molar-refractivity contribution in [1.29, 1.82) is 0 Å². The van der Waals surface area contributed by atoms with Gasteiger partial charge in [0.05, 0.1) is 5.69 Å². The molecule has 3 nitrogen and oxygen atoms in total. The Balaban J connectivity index is 2.19. The second-order valence-corrected chi connectivity index (χ2v) is 4.65. The fraction of sp³-hybridized carbons (Fsp3) is 0.250. The summed E-state index contributed by atoms with van der Waals surface area (Å²) in [4.78, 5) is 4.37. The molecule has 1 aromatic heterocycles. The van der Waals surface area contributed by atoms with Crippen molar-refractivity contribution < 1.29 is 0 Å². The molecule has 2 aromatic rings. The van der Waals surface area contributed by atoms with Crippen LogP contribution >= 0.6 is 15.9 Å². The summed E-state index contributed by atoms with van der Waals surface area (Å²) in [5, 5.41) is 0. The predicted molar refractivity (Wildman–Crippen MR) is 68.1 cm³/mol. The predicted octanol–water partition coefficient (Wildman–Crippen LogP) is 2.46. The van der Waals surface area contributed by atoms with Crippen molar-refractivity contribution in [3.8, 4) is 0 Å². The van der Waals surface area contributed by atoms with E-state index >= 15 is 0 Å². The van der Waals surface area contributed by atoms with E-state index in [4.69, 9.17) is 5.73 Å². The highest BCUT2D eigenvalue weighted by Gasteiger charge is 2.03. The van der Waals surface area contributed by atoms with Crippen molar-refractivity contribution in [3.05, 3.63) is 52.0 Å². The number of imidazole rings is 1. The average molecular weight is 280 g/mol. The number of aromatic nitrogens is 2. The zero-order valence-electron chi connectivity index (χ0n) is 9.15. The Morgan fingerprint density at radius 2 is 2.00 bits per heavy atom.